The average Bonchev–Trinajstić information content (AvgIpc) is 2.36. The Labute approximate surface area is 127 Å². The molecule has 20 heavy (non-hydrogen) atoms. The lowest BCUT2D eigenvalue weighted by atomic mass is 10.2. The monoisotopic (exact) mass is 324 g/mol. The zero-order valence-corrected chi connectivity index (χ0v) is 12.9. The van der Waals surface area contributed by atoms with Crippen LogP contribution in [0.4, 0.5) is 0 Å². The Balaban J connectivity index is 3.48. The van der Waals surface area contributed by atoms with Crippen molar-refractivity contribution >= 4 is 33.9 Å². The Bertz CT molecular complexity index is 267. The van der Waals surface area contributed by atoms with Gasteiger partial charge >= 0.3 is 0 Å². The van der Waals surface area contributed by atoms with E-state index in [0.717, 1.165) is 0 Å². The lowest BCUT2D eigenvalue weighted by molar-refractivity contribution is 0.0216. The van der Waals surface area contributed by atoms with Crippen LogP contribution in [0.2, 0.25) is 0 Å². The van der Waals surface area contributed by atoms with Crippen molar-refractivity contribution in [3.63, 3.8) is 0 Å². The number of nitrogens with two attached hydrogens (primary N) is 2. The lowest BCUT2D eigenvalue weighted by Crippen LogP contribution is -2.43. The minimum atomic E-state index is -0.856. The lowest BCUT2D eigenvalue weighted by Gasteiger charge is -2.18. The van der Waals surface area contributed by atoms with Gasteiger partial charge in [0.15, 0.2) is 10.3 Å². The predicted octanol–water partition coefficient (Wildman–Crippen LogP) is -1.86. The zero-order valence-electron chi connectivity index (χ0n) is 11.3. The first-order chi connectivity index (χ1) is 9.43. The van der Waals surface area contributed by atoms with Crippen molar-refractivity contribution in [3.8, 4) is 0 Å². The Morgan fingerprint density at radius 3 is 1.55 bits per heavy atom. The van der Waals surface area contributed by atoms with Gasteiger partial charge in [-0.15, -0.1) is 0 Å². The molecule has 2 atom stereocenters. The molecule has 10 heteroatoms. The van der Waals surface area contributed by atoms with Crippen LogP contribution in [-0.2, 0) is 0 Å². The fraction of sp³-hybridized carbons (Fsp3) is 0.800. The summed E-state index contributed by atoms with van der Waals surface area (Å²) < 4.78 is 0. The van der Waals surface area contributed by atoms with Crippen LogP contribution >= 0.6 is 23.5 Å². The van der Waals surface area contributed by atoms with Gasteiger partial charge in [0.2, 0.25) is 0 Å². The van der Waals surface area contributed by atoms with Crippen molar-refractivity contribution < 1.29 is 10.2 Å². The third kappa shape index (κ3) is 12.5. The maximum absolute atomic E-state index is 9.69. The van der Waals surface area contributed by atoms with Gasteiger partial charge in [-0.1, -0.05) is 23.5 Å². The standard InChI is InChI=1S/C10H24N6O2S2/c11-9(12)19-3-1-15-5-7(17)8(18)6-16-2-4-20-10(13)14/h7-8,15-18H,1-6H2,(H3,11,12)(H3,13,14)/t7-,8+. The van der Waals surface area contributed by atoms with Crippen molar-refractivity contribution in [2.24, 2.45) is 11.5 Å². The van der Waals surface area contributed by atoms with E-state index in [1.54, 1.807) is 0 Å². The molecule has 0 bridgehead atoms. The highest BCUT2D eigenvalue weighted by Gasteiger charge is 2.14. The molecule has 0 aliphatic carbocycles. The van der Waals surface area contributed by atoms with Crippen LogP contribution in [0.1, 0.15) is 0 Å². The number of aliphatic hydroxyl groups is 2. The summed E-state index contributed by atoms with van der Waals surface area (Å²) in [5.74, 6) is 1.30. The van der Waals surface area contributed by atoms with Crippen LogP contribution in [0.3, 0.4) is 0 Å². The normalized spacial score (nSPS) is 13.9. The number of aliphatic hydroxyl groups excluding tert-OH is 2. The van der Waals surface area contributed by atoms with Crippen molar-refractivity contribution in [2.75, 3.05) is 37.7 Å². The van der Waals surface area contributed by atoms with Gasteiger partial charge in [0.25, 0.3) is 0 Å². The van der Waals surface area contributed by atoms with E-state index in [0.29, 0.717) is 24.6 Å². The van der Waals surface area contributed by atoms with Crippen LogP contribution in [-0.4, -0.2) is 70.4 Å². The minimum absolute atomic E-state index is 0.0695. The van der Waals surface area contributed by atoms with Crippen LogP contribution in [0.5, 0.6) is 0 Å². The molecule has 0 amide bonds. The summed E-state index contributed by atoms with van der Waals surface area (Å²) in [7, 11) is 0. The van der Waals surface area contributed by atoms with E-state index in [2.05, 4.69) is 10.6 Å². The number of amidine groups is 2. The number of thioether (sulfide) groups is 2. The maximum Gasteiger partial charge on any atom is 0.151 e. The molecule has 0 aliphatic rings. The first kappa shape index (κ1) is 19.5. The maximum atomic E-state index is 9.69. The first-order valence-corrected chi connectivity index (χ1v) is 8.11. The third-order valence-electron chi connectivity index (χ3n) is 2.22. The molecule has 0 fully saturated rings. The number of nitrogens with one attached hydrogen (secondary N) is 4. The Morgan fingerprint density at radius 1 is 0.900 bits per heavy atom. The van der Waals surface area contributed by atoms with E-state index in [1.165, 1.54) is 23.5 Å². The van der Waals surface area contributed by atoms with Crippen LogP contribution in [0.15, 0.2) is 0 Å². The van der Waals surface area contributed by atoms with Gasteiger partial charge in [0.05, 0.1) is 12.2 Å². The minimum Gasteiger partial charge on any atom is -0.389 e. The Hall–Kier alpha value is -0.520. The highest BCUT2D eigenvalue weighted by molar-refractivity contribution is 8.13. The average molecular weight is 324 g/mol. The highest BCUT2D eigenvalue weighted by atomic mass is 32.2. The summed E-state index contributed by atoms with van der Waals surface area (Å²) in [6.07, 6.45) is -1.71. The van der Waals surface area contributed by atoms with Crippen molar-refractivity contribution in [3.05, 3.63) is 0 Å². The molecule has 0 saturated heterocycles. The second kappa shape index (κ2) is 12.2. The molecule has 10 N–H and O–H groups in total. The van der Waals surface area contributed by atoms with Crippen LogP contribution in [0.25, 0.3) is 0 Å². The van der Waals surface area contributed by atoms with Crippen molar-refractivity contribution in [1.29, 1.82) is 10.8 Å². The molecule has 0 radical (unpaired) electrons. The molecule has 118 valence electrons. The molecule has 0 aromatic heterocycles. The molecule has 0 aliphatic heterocycles. The van der Waals surface area contributed by atoms with Gasteiger partial charge in [-0.05, 0) is 0 Å². The van der Waals surface area contributed by atoms with E-state index in [-0.39, 0.29) is 23.4 Å². The van der Waals surface area contributed by atoms with E-state index < -0.39 is 12.2 Å². The van der Waals surface area contributed by atoms with E-state index >= 15 is 0 Å². The molecule has 0 aromatic rings. The van der Waals surface area contributed by atoms with Gasteiger partial charge in [0, 0.05) is 37.7 Å². The van der Waals surface area contributed by atoms with Crippen LogP contribution in [0, 0.1) is 10.8 Å². The number of hydrogen-bond donors (Lipinski definition) is 8. The third-order valence-corrected chi connectivity index (χ3v) is 3.66. The summed E-state index contributed by atoms with van der Waals surface area (Å²) >= 11 is 2.45. The van der Waals surface area contributed by atoms with Gasteiger partial charge < -0.3 is 32.3 Å². The topological polar surface area (TPSA) is 164 Å². The summed E-state index contributed by atoms with van der Waals surface area (Å²) in [5.41, 5.74) is 10.4. The van der Waals surface area contributed by atoms with Gasteiger partial charge in [-0.3, -0.25) is 10.8 Å². The van der Waals surface area contributed by atoms with Gasteiger partial charge in [-0.25, -0.2) is 0 Å². The number of rotatable bonds is 11. The molecule has 8 nitrogen and oxygen atoms in total. The highest BCUT2D eigenvalue weighted by Crippen LogP contribution is 1.97. The molecule has 0 unspecified atom stereocenters. The quantitative estimate of drug-likeness (QED) is 0.124. The smallest absolute Gasteiger partial charge is 0.151 e. The summed E-state index contributed by atoms with van der Waals surface area (Å²) in [6.45, 7) is 1.78. The van der Waals surface area contributed by atoms with E-state index in [9.17, 15) is 10.2 Å². The molecule has 0 rings (SSSR count). The molecule has 0 spiro atoms. The fourth-order valence-electron chi connectivity index (χ4n) is 1.24. The first-order valence-electron chi connectivity index (χ1n) is 6.14. The van der Waals surface area contributed by atoms with Crippen LogP contribution < -0.4 is 22.1 Å². The molecule has 0 heterocycles. The van der Waals surface area contributed by atoms with Gasteiger partial charge in [0.1, 0.15) is 0 Å². The molecular weight excluding hydrogens is 300 g/mol. The summed E-state index contributed by atoms with van der Waals surface area (Å²) in [5, 5.41) is 39.5. The second-order valence-electron chi connectivity index (χ2n) is 3.97. The predicted molar refractivity (Wildman–Crippen MR) is 86.5 cm³/mol. The Kier molecular flexibility index (Phi) is 11.9. The van der Waals surface area contributed by atoms with Crippen molar-refractivity contribution in [1.82, 2.24) is 10.6 Å². The second-order valence-corrected chi connectivity index (χ2v) is 6.24. The van der Waals surface area contributed by atoms with Gasteiger partial charge in [-0.2, -0.15) is 0 Å². The van der Waals surface area contributed by atoms with E-state index in [4.69, 9.17) is 22.3 Å². The molecular formula is C10H24N6O2S2. The zero-order chi connectivity index (χ0) is 15.4. The fourth-order valence-corrected chi connectivity index (χ4v) is 2.17. The summed E-state index contributed by atoms with van der Waals surface area (Å²) in [4.78, 5) is 0. The van der Waals surface area contributed by atoms with E-state index in [1.807, 2.05) is 0 Å². The SMILES string of the molecule is N=C(N)SCCNC[C@@H](O)[C@@H](O)CNCCSC(=N)N. The van der Waals surface area contributed by atoms with Crippen molar-refractivity contribution in [2.45, 2.75) is 12.2 Å². The molecule has 0 aromatic carbocycles. The molecule has 0 saturated carbocycles. The Morgan fingerprint density at radius 2 is 1.25 bits per heavy atom. The number of hydrogen-bond acceptors (Lipinski definition) is 8. The largest absolute Gasteiger partial charge is 0.389 e. The summed E-state index contributed by atoms with van der Waals surface area (Å²) in [6, 6.07) is 0.